The van der Waals surface area contributed by atoms with Crippen LogP contribution in [0.1, 0.15) is 44.6 Å². The molecule has 98 valence electrons. The van der Waals surface area contributed by atoms with E-state index >= 15 is 0 Å². The van der Waals surface area contributed by atoms with Crippen LogP contribution in [0.15, 0.2) is 28.7 Å². The highest BCUT2D eigenvalue weighted by Crippen LogP contribution is 2.31. The fourth-order valence-electron chi connectivity index (χ4n) is 2.84. The van der Waals surface area contributed by atoms with Gasteiger partial charge in [-0.1, -0.05) is 41.4 Å². The van der Waals surface area contributed by atoms with E-state index in [2.05, 4.69) is 22.9 Å². The number of Topliss-reactive ketones (excluding diaryl/α,β-unsaturated/α-hetero) is 1. The van der Waals surface area contributed by atoms with Crippen LogP contribution in [0.2, 0.25) is 0 Å². The van der Waals surface area contributed by atoms with Gasteiger partial charge in [0.05, 0.1) is 0 Å². The van der Waals surface area contributed by atoms with Gasteiger partial charge in [0.15, 0.2) is 0 Å². The zero-order valence-electron chi connectivity index (χ0n) is 11.0. The number of hydrogen-bond acceptors (Lipinski definition) is 1. The Labute approximate surface area is 118 Å². The van der Waals surface area contributed by atoms with Gasteiger partial charge in [-0.15, -0.1) is 0 Å². The number of benzene rings is 1. The topological polar surface area (TPSA) is 17.1 Å². The van der Waals surface area contributed by atoms with Crippen molar-refractivity contribution in [3.63, 3.8) is 0 Å². The second-order valence-corrected chi connectivity index (χ2v) is 6.31. The smallest absolute Gasteiger partial charge is 0.140 e. The van der Waals surface area contributed by atoms with Crippen molar-refractivity contribution in [1.82, 2.24) is 0 Å². The molecule has 1 aromatic rings. The highest BCUT2D eigenvalue weighted by atomic mass is 79.9. The molecule has 18 heavy (non-hydrogen) atoms. The second-order valence-electron chi connectivity index (χ2n) is 5.40. The van der Waals surface area contributed by atoms with Crippen molar-refractivity contribution in [2.24, 2.45) is 11.8 Å². The molecule has 0 N–H and O–H groups in total. The predicted octanol–water partition coefficient (Wildman–Crippen LogP) is 4.78. The van der Waals surface area contributed by atoms with Crippen molar-refractivity contribution < 1.29 is 4.79 Å². The molecule has 0 bridgehead atoms. The third-order valence-electron chi connectivity index (χ3n) is 4.17. The van der Waals surface area contributed by atoms with Gasteiger partial charge in [0.25, 0.3) is 0 Å². The molecule has 2 rings (SSSR count). The van der Waals surface area contributed by atoms with E-state index in [9.17, 15) is 4.79 Å². The van der Waals surface area contributed by atoms with Crippen molar-refractivity contribution in [2.45, 2.75) is 45.4 Å². The Kier molecular flexibility index (Phi) is 4.99. The second kappa shape index (κ2) is 6.51. The Morgan fingerprint density at radius 1 is 1.17 bits per heavy atom. The van der Waals surface area contributed by atoms with Gasteiger partial charge >= 0.3 is 0 Å². The summed E-state index contributed by atoms with van der Waals surface area (Å²) in [6, 6.07) is 8.10. The maximum atomic E-state index is 12.2. The Hall–Kier alpha value is -0.630. The zero-order chi connectivity index (χ0) is 13.0. The first-order chi connectivity index (χ1) is 8.69. The van der Waals surface area contributed by atoms with Gasteiger partial charge < -0.3 is 0 Å². The van der Waals surface area contributed by atoms with Crippen LogP contribution < -0.4 is 0 Å². The maximum Gasteiger partial charge on any atom is 0.140 e. The zero-order valence-corrected chi connectivity index (χ0v) is 12.6. The van der Waals surface area contributed by atoms with E-state index in [1.165, 1.54) is 19.3 Å². The number of rotatable bonds is 4. The molecule has 1 aliphatic carbocycles. The molecule has 0 amide bonds. The van der Waals surface area contributed by atoms with Gasteiger partial charge in [-0.05, 0) is 49.3 Å². The third kappa shape index (κ3) is 3.68. The molecule has 1 saturated carbocycles. The van der Waals surface area contributed by atoms with Crippen LogP contribution in [0.25, 0.3) is 0 Å². The summed E-state index contributed by atoms with van der Waals surface area (Å²) >= 11 is 3.42. The van der Waals surface area contributed by atoms with Gasteiger partial charge in [0, 0.05) is 16.8 Å². The predicted molar refractivity (Wildman–Crippen MR) is 78.6 cm³/mol. The molecule has 0 atom stereocenters. The monoisotopic (exact) mass is 308 g/mol. The first-order valence-corrected chi connectivity index (χ1v) is 7.75. The van der Waals surface area contributed by atoms with E-state index in [1.807, 2.05) is 24.3 Å². The van der Waals surface area contributed by atoms with Gasteiger partial charge in [-0.3, -0.25) is 4.79 Å². The molecule has 0 radical (unpaired) electrons. The lowest BCUT2D eigenvalue weighted by Gasteiger charge is -2.26. The van der Waals surface area contributed by atoms with Crippen LogP contribution in [0.3, 0.4) is 0 Å². The van der Waals surface area contributed by atoms with E-state index < -0.39 is 0 Å². The molecule has 0 spiro atoms. The Balaban J connectivity index is 1.87. The van der Waals surface area contributed by atoms with Crippen LogP contribution in [-0.4, -0.2) is 5.78 Å². The van der Waals surface area contributed by atoms with E-state index in [0.717, 1.165) is 28.8 Å². The van der Waals surface area contributed by atoms with Crippen LogP contribution in [0, 0.1) is 11.8 Å². The molecule has 0 aliphatic heterocycles. The molecular formula is C16H21BrO. The summed E-state index contributed by atoms with van der Waals surface area (Å²) < 4.78 is 1.07. The molecule has 0 saturated heterocycles. The van der Waals surface area contributed by atoms with E-state index in [0.29, 0.717) is 18.1 Å². The van der Waals surface area contributed by atoms with E-state index in [-0.39, 0.29) is 0 Å². The van der Waals surface area contributed by atoms with Crippen molar-refractivity contribution in [2.75, 3.05) is 0 Å². The fourth-order valence-corrected chi connectivity index (χ4v) is 3.10. The lowest BCUT2D eigenvalue weighted by atomic mass is 9.78. The number of carbonyl (C=O) groups excluding carboxylic acids is 1. The first kappa shape index (κ1) is 13.8. The lowest BCUT2D eigenvalue weighted by molar-refractivity contribution is -0.123. The summed E-state index contributed by atoms with van der Waals surface area (Å²) in [6.45, 7) is 2.26. The first-order valence-electron chi connectivity index (χ1n) is 6.96. The fraction of sp³-hybridized carbons (Fsp3) is 0.562. The molecule has 1 nitrogen and oxygen atoms in total. The standard InChI is InChI=1S/C16H21BrO/c1-2-12-3-7-14(8-4-12)16(18)11-13-5-9-15(17)10-6-13/h5-6,9-10,12,14H,2-4,7-8,11H2,1H3. The number of carbonyl (C=O) groups is 1. The van der Waals surface area contributed by atoms with Crippen LogP contribution in [0.4, 0.5) is 0 Å². The highest BCUT2D eigenvalue weighted by Gasteiger charge is 2.25. The summed E-state index contributed by atoms with van der Waals surface area (Å²) in [5, 5.41) is 0. The Morgan fingerprint density at radius 3 is 2.33 bits per heavy atom. The van der Waals surface area contributed by atoms with Crippen molar-refractivity contribution in [1.29, 1.82) is 0 Å². The Morgan fingerprint density at radius 2 is 1.78 bits per heavy atom. The van der Waals surface area contributed by atoms with Crippen LogP contribution >= 0.6 is 15.9 Å². The van der Waals surface area contributed by atoms with Gasteiger partial charge in [0.2, 0.25) is 0 Å². The maximum absolute atomic E-state index is 12.2. The summed E-state index contributed by atoms with van der Waals surface area (Å²) in [6.07, 6.45) is 6.57. The van der Waals surface area contributed by atoms with Crippen molar-refractivity contribution in [3.8, 4) is 0 Å². The highest BCUT2D eigenvalue weighted by molar-refractivity contribution is 9.10. The van der Waals surface area contributed by atoms with Crippen molar-refractivity contribution in [3.05, 3.63) is 34.3 Å². The third-order valence-corrected chi connectivity index (χ3v) is 4.70. The largest absolute Gasteiger partial charge is 0.299 e. The number of halogens is 1. The minimum atomic E-state index is 0.316. The average molecular weight is 309 g/mol. The molecule has 1 aromatic carbocycles. The van der Waals surface area contributed by atoms with E-state index in [1.54, 1.807) is 0 Å². The normalized spacial score (nSPS) is 23.9. The van der Waals surface area contributed by atoms with E-state index in [4.69, 9.17) is 0 Å². The van der Waals surface area contributed by atoms with Crippen LogP contribution in [-0.2, 0) is 11.2 Å². The quantitative estimate of drug-likeness (QED) is 0.782. The minimum absolute atomic E-state index is 0.316. The number of ketones is 1. The van der Waals surface area contributed by atoms with Gasteiger partial charge in [-0.25, -0.2) is 0 Å². The summed E-state index contributed by atoms with van der Waals surface area (Å²) in [7, 11) is 0. The molecule has 0 unspecified atom stereocenters. The molecule has 1 fully saturated rings. The summed E-state index contributed by atoms with van der Waals surface area (Å²) in [5.41, 5.74) is 1.14. The SMILES string of the molecule is CCC1CCC(C(=O)Cc2ccc(Br)cc2)CC1. The van der Waals surface area contributed by atoms with Crippen molar-refractivity contribution >= 4 is 21.7 Å². The summed E-state index contributed by atoms with van der Waals surface area (Å²) in [4.78, 5) is 12.2. The van der Waals surface area contributed by atoms with Crippen LogP contribution in [0.5, 0.6) is 0 Å². The molecule has 0 aromatic heterocycles. The van der Waals surface area contributed by atoms with Gasteiger partial charge in [-0.2, -0.15) is 0 Å². The summed E-state index contributed by atoms with van der Waals surface area (Å²) in [5.74, 6) is 1.62. The molecule has 2 heteroatoms. The molecule has 1 aliphatic rings. The number of hydrogen-bond donors (Lipinski definition) is 0. The Bertz CT molecular complexity index is 388. The molecular weight excluding hydrogens is 288 g/mol. The molecule has 0 heterocycles. The minimum Gasteiger partial charge on any atom is -0.299 e. The lowest BCUT2D eigenvalue weighted by Crippen LogP contribution is -2.23. The van der Waals surface area contributed by atoms with Gasteiger partial charge in [0.1, 0.15) is 5.78 Å². The average Bonchev–Trinajstić information content (AvgIpc) is 2.41.